The molecule has 1 aromatic rings. The fraction of sp³-hybridized carbons (Fsp3) is 0.500. The summed E-state index contributed by atoms with van der Waals surface area (Å²) < 4.78 is 42.5. The summed E-state index contributed by atoms with van der Waals surface area (Å²) in [7, 11) is 0. The van der Waals surface area contributed by atoms with Crippen molar-refractivity contribution in [3.8, 4) is 0 Å². The largest absolute Gasteiger partial charge is 0.481 e. The van der Waals surface area contributed by atoms with Crippen LogP contribution in [0.1, 0.15) is 18.4 Å². The monoisotopic (exact) mass is 364 g/mol. The second kappa shape index (κ2) is 7.39. The fourth-order valence-corrected chi connectivity index (χ4v) is 2.93. The summed E-state index contributed by atoms with van der Waals surface area (Å²) in [5.41, 5.74) is -1.79. The maximum atomic E-state index is 12.4. The average molecular weight is 364 g/mol. The molecule has 0 radical (unpaired) electrons. The van der Waals surface area contributed by atoms with Gasteiger partial charge in [-0.15, -0.1) is 0 Å². The summed E-state index contributed by atoms with van der Waals surface area (Å²) in [6, 6.07) is 2.08. The summed E-state index contributed by atoms with van der Waals surface area (Å²) in [6.07, 6.45) is -3.60. The molecular weight excluding hydrogens is 349 g/mol. The molecule has 2 heterocycles. The van der Waals surface area contributed by atoms with Crippen LogP contribution in [-0.4, -0.2) is 46.5 Å². The Morgan fingerprint density at radius 3 is 2.67 bits per heavy atom. The molecule has 132 valence electrons. The van der Waals surface area contributed by atoms with E-state index in [1.807, 2.05) is 0 Å². The van der Waals surface area contributed by atoms with Gasteiger partial charge in [-0.2, -0.15) is 13.2 Å². The van der Waals surface area contributed by atoms with Gasteiger partial charge in [-0.25, -0.2) is 4.98 Å². The van der Waals surface area contributed by atoms with Gasteiger partial charge in [0.2, 0.25) is 5.91 Å². The summed E-state index contributed by atoms with van der Waals surface area (Å²) in [4.78, 5) is 26.6. The second-order valence-corrected chi connectivity index (χ2v) is 6.37. The number of aliphatic carboxylic acids is 1. The predicted octanol–water partition coefficient (Wildman–Crippen LogP) is 1.94. The smallest absolute Gasteiger partial charge is 0.417 e. The van der Waals surface area contributed by atoms with Crippen LogP contribution in [0.25, 0.3) is 0 Å². The van der Waals surface area contributed by atoms with E-state index >= 15 is 0 Å². The molecule has 0 aromatic carbocycles. The van der Waals surface area contributed by atoms with Crippen LogP contribution in [-0.2, 0) is 20.5 Å². The minimum Gasteiger partial charge on any atom is -0.481 e. The molecular formula is C14H15F3N2O4S. The highest BCUT2D eigenvalue weighted by atomic mass is 32.2. The lowest BCUT2D eigenvalue weighted by molar-refractivity contribution is -0.139. The normalized spacial score (nSPS) is 20.8. The Hall–Kier alpha value is -1.81. The van der Waals surface area contributed by atoms with E-state index in [0.717, 1.165) is 17.8 Å². The Morgan fingerprint density at radius 2 is 2.17 bits per heavy atom. The van der Waals surface area contributed by atoms with Gasteiger partial charge in [0, 0.05) is 12.8 Å². The number of nitrogens with one attached hydrogen (secondary N) is 1. The summed E-state index contributed by atoms with van der Waals surface area (Å²) in [5.74, 6) is -1.55. The Balaban J connectivity index is 1.89. The number of amides is 1. The zero-order valence-corrected chi connectivity index (χ0v) is 13.2. The van der Waals surface area contributed by atoms with Crippen LogP contribution in [0.15, 0.2) is 23.4 Å². The van der Waals surface area contributed by atoms with Gasteiger partial charge in [-0.05, 0) is 18.6 Å². The van der Waals surface area contributed by atoms with E-state index in [0.29, 0.717) is 19.2 Å². The van der Waals surface area contributed by atoms with Gasteiger partial charge < -0.3 is 15.2 Å². The van der Waals surface area contributed by atoms with Crippen molar-refractivity contribution >= 4 is 23.6 Å². The third kappa shape index (κ3) is 5.10. The first-order valence-corrected chi connectivity index (χ1v) is 7.95. The molecule has 1 aliphatic heterocycles. The van der Waals surface area contributed by atoms with Crippen molar-refractivity contribution in [3.05, 3.63) is 23.9 Å². The lowest BCUT2D eigenvalue weighted by atomic mass is 9.94. The average Bonchev–Trinajstić information content (AvgIpc) is 2.91. The summed E-state index contributed by atoms with van der Waals surface area (Å²) in [6.45, 7) is 0.482. The second-order valence-electron chi connectivity index (χ2n) is 5.37. The highest BCUT2D eigenvalue weighted by Gasteiger charge is 2.38. The Morgan fingerprint density at radius 1 is 1.42 bits per heavy atom. The topological polar surface area (TPSA) is 88.5 Å². The van der Waals surface area contributed by atoms with Gasteiger partial charge in [-0.3, -0.25) is 9.59 Å². The van der Waals surface area contributed by atoms with Crippen molar-refractivity contribution < 1.29 is 32.6 Å². The first kappa shape index (κ1) is 18.5. The number of ether oxygens (including phenoxy) is 1. The van der Waals surface area contributed by atoms with Crippen LogP contribution in [0, 0.1) is 0 Å². The molecule has 1 atom stereocenters. The van der Waals surface area contributed by atoms with Crippen molar-refractivity contribution in [2.75, 3.05) is 19.0 Å². The van der Waals surface area contributed by atoms with Gasteiger partial charge in [0.15, 0.2) is 0 Å². The molecule has 1 aromatic heterocycles. The minimum absolute atomic E-state index is 0.0836. The predicted molar refractivity (Wildman–Crippen MR) is 78.5 cm³/mol. The maximum absolute atomic E-state index is 12.4. The number of alkyl halides is 3. The van der Waals surface area contributed by atoms with Crippen molar-refractivity contribution in [2.24, 2.45) is 0 Å². The van der Waals surface area contributed by atoms with Crippen LogP contribution in [0.4, 0.5) is 13.2 Å². The Bertz CT molecular complexity index is 601. The highest BCUT2D eigenvalue weighted by Crippen LogP contribution is 2.29. The van der Waals surface area contributed by atoms with E-state index in [1.54, 1.807) is 0 Å². The molecule has 10 heteroatoms. The number of thioether (sulfide) groups is 1. The first-order chi connectivity index (χ1) is 11.2. The molecule has 0 aliphatic carbocycles. The molecule has 2 N–H and O–H groups in total. The quantitative estimate of drug-likeness (QED) is 0.750. The zero-order chi connectivity index (χ0) is 17.8. The number of carbonyl (C=O) groups is 2. The number of hydrogen-bond donors (Lipinski definition) is 2. The third-order valence-corrected chi connectivity index (χ3v) is 4.36. The summed E-state index contributed by atoms with van der Waals surface area (Å²) in [5, 5.41) is 11.9. The molecule has 1 unspecified atom stereocenters. The van der Waals surface area contributed by atoms with Crippen LogP contribution in [0.2, 0.25) is 0 Å². The van der Waals surface area contributed by atoms with E-state index in [1.165, 1.54) is 6.07 Å². The van der Waals surface area contributed by atoms with Gasteiger partial charge in [-0.1, -0.05) is 11.8 Å². The van der Waals surface area contributed by atoms with Crippen molar-refractivity contribution in [1.29, 1.82) is 0 Å². The van der Waals surface area contributed by atoms with Crippen molar-refractivity contribution in [2.45, 2.75) is 29.6 Å². The number of pyridine rings is 1. The van der Waals surface area contributed by atoms with E-state index in [-0.39, 0.29) is 23.8 Å². The van der Waals surface area contributed by atoms with Gasteiger partial charge in [0.25, 0.3) is 0 Å². The Kier molecular flexibility index (Phi) is 5.70. The molecule has 1 aliphatic rings. The molecule has 2 rings (SSSR count). The van der Waals surface area contributed by atoms with Crippen LogP contribution >= 0.6 is 11.8 Å². The number of aromatic nitrogens is 1. The van der Waals surface area contributed by atoms with Crippen LogP contribution in [0.5, 0.6) is 0 Å². The molecule has 24 heavy (non-hydrogen) atoms. The SMILES string of the molecule is O=C(O)CC1(NC(=O)CSc2ccc(C(F)(F)F)cn2)CCOC1. The molecule has 0 spiro atoms. The number of carboxylic acids is 1. The third-order valence-electron chi connectivity index (χ3n) is 3.41. The van der Waals surface area contributed by atoms with Crippen LogP contribution < -0.4 is 5.32 Å². The Labute approximate surface area is 139 Å². The number of rotatable bonds is 6. The molecule has 0 saturated carbocycles. The molecule has 6 nitrogen and oxygen atoms in total. The molecule has 1 fully saturated rings. The number of carbonyl (C=O) groups excluding carboxylic acids is 1. The standard InChI is InChI=1S/C14H15F3N2O4S/c15-14(16,17)9-1-2-11(18-6-9)24-7-10(20)19-13(5-12(21)22)3-4-23-8-13/h1-2,6H,3-5,7-8H2,(H,19,20)(H,21,22). The van der Waals surface area contributed by atoms with Gasteiger partial charge in [0.05, 0.1) is 34.9 Å². The van der Waals surface area contributed by atoms with Crippen molar-refractivity contribution in [1.82, 2.24) is 10.3 Å². The number of halogens is 3. The molecule has 1 amide bonds. The number of nitrogens with zero attached hydrogens (tertiary/aromatic N) is 1. The van der Waals surface area contributed by atoms with Gasteiger partial charge in [0.1, 0.15) is 0 Å². The van der Waals surface area contributed by atoms with E-state index in [4.69, 9.17) is 9.84 Å². The van der Waals surface area contributed by atoms with Gasteiger partial charge >= 0.3 is 12.1 Å². The number of carboxylic acid groups (broad SMARTS) is 1. The van der Waals surface area contributed by atoms with E-state index in [2.05, 4.69) is 10.3 Å². The first-order valence-electron chi connectivity index (χ1n) is 6.97. The lowest BCUT2D eigenvalue weighted by Crippen LogP contribution is -2.51. The van der Waals surface area contributed by atoms with Crippen molar-refractivity contribution in [3.63, 3.8) is 0 Å². The highest BCUT2D eigenvalue weighted by molar-refractivity contribution is 7.99. The number of hydrogen-bond acceptors (Lipinski definition) is 5. The minimum atomic E-state index is -4.46. The van der Waals surface area contributed by atoms with E-state index in [9.17, 15) is 22.8 Å². The summed E-state index contributed by atoms with van der Waals surface area (Å²) >= 11 is 0.970. The van der Waals surface area contributed by atoms with Crippen LogP contribution in [0.3, 0.4) is 0 Å². The zero-order valence-electron chi connectivity index (χ0n) is 12.4. The molecule has 1 saturated heterocycles. The lowest BCUT2D eigenvalue weighted by Gasteiger charge is -2.26. The maximum Gasteiger partial charge on any atom is 0.417 e. The van der Waals surface area contributed by atoms with E-state index < -0.39 is 29.2 Å². The molecule has 0 bridgehead atoms. The fourth-order valence-electron chi connectivity index (χ4n) is 2.28.